The van der Waals surface area contributed by atoms with Gasteiger partial charge in [0.2, 0.25) is 11.8 Å². The first kappa shape index (κ1) is 19.3. The molecule has 0 radical (unpaired) electrons. The van der Waals surface area contributed by atoms with Gasteiger partial charge in [-0.25, -0.2) is 4.90 Å². The normalized spacial score (nSPS) is 28.7. The SMILES string of the molecule is C[C@@H]1CCc2sc(N3C(=O)[C@@H]4C5c6ccccc6C(c6ccccc65)[C@@H]4C3=O)c(C#N)c2C1. The largest absolute Gasteiger partial charge is 0.274 e. The van der Waals surface area contributed by atoms with E-state index in [4.69, 9.17) is 0 Å². The molecule has 3 aromatic rings. The van der Waals surface area contributed by atoms with Gasteiger partial charge >= 0.3 is 0 Å². The number of benzene rings is 2. The molecule has 3 atom stereocenters. The fourth-order valence-electron chi connectivity index (χ4n) is 6.89. The summed E-state index contributed by atoms with van der Waals surface area (Å²) in [4.78, 5) is 30.6. The third-order valence-electron chi connectivity index (χ3n) is 8.25. The topological polar surface area (TPSA) is 61.2 Å². The van der Waals surface area contributed by atoms with Gasteiger partial charge < -0.3 is 0 Å². The van der Waals surface area contributed by atoms with Crippen molar-refractivity contribution in [2.45, 2.75) is 38.0 Å². The Labute approximate surface area is 196 Å². The van der Waals surface area contributed by atoms with Crippen molar-refractivity contribution < 1.29 is 9.59 Å². The summed E-state index contributed by atoms with van der Waals surface area (Å²) in [5.74, 6) is -0.796. The Balaban J connectivity index is 1.41. The van der Waals surface area contributed by atoms with Crippen molar-refractivity contribution >= 4 is 28.2 Å². The lowest BCUT2D eigenvalue weighted by Crippen LogP contribution is -2.41. The predicted molar refractivity (Wildman–Crippen MR) is 126 cm³/mol. The van der Waals surface area contributed by atoms with E-state index in [1.807, 2.05) is 24.3 Å². The van der Waals surface area contributed by atoms with Gasteiger partial charge in [0.15, 0.2) is 0 Å². The minimum absolute atomic E-state index is 0.117. The van der Waals surface area contributed by atoms with E-state index in [0.29, 0.717) is 16.5 Å². The lowest BCUT2D eigenvalue weighted by atomic mass is 9.55. The zero-order valence-corrected chi connectivity index (χ0v) is 19.1. The molecule has 4 aliphatic carbocycles. The van der Waals surface area contributed by atoms with Gasteiger partial charge in [0.25, 0.3) is 0 Å². The molecule has 33 heavy (non-hydrogen) atoms. The van der Waals surface area contributed by atoms with E-state index < -0.39 is 11.8 Å². The van der Waals surface area contributed by atoms with Crippen LogP contribution in [0.1, 0.15) is 63.4 Å². The number of nitrogens with zero attached hydrogens (tertiary/aromatic N) is 2. The van der Waals surface area contributed by atoms with Crippen LogP contribution in [0.15, 0.2) is 48.5 Å². The van der Waals surface area contributed by atoms with Crippen LogP contribution in [0.2, 0.25) is 0 Å². The third-order valence-corrected chi connectivity index (χ3v) is 9.53. The summed E-state index contributed by atoms with van der Waals surface area (Å²) in [6, 6.07) is 18.9. The molecule has 5 aliphatic rings. The van der Waals surface area contributed by atoms with Gasteiger partial charge in [-0.1, -0.05) is 55.5 Å². The van der Waals surface area contributed by atoms with Crippen molar-refractivity contribution in [2.75, 3.05) is 4.90 Å². The molecule has 4 nitrogen and oxygen atoms in total. The lowest BCUT2D eigenvalue weighted by molar-refractivity contribution is -0.122. The minimum Gasteiger partial charge on any atom is -0.274 e. The van der Waals surface area contributed by atoms with Crippen LogP contribution in [0.4, 0.5) is 5.00 Å². The van der Waals surface area contributed by atoms with Gasteiger partial charge in [0, 0.05) is 16.7 Å². The summed E-state index contributed by atoms with van der Waals surface area (Å²) in [6.07, 6.45) is 2.85. The number of thiophene rings is 1. The van der Waals surface area contributed by atoms with E-state index in [9.17, 15) is 14.9 Å². The molecule has 2 heterocycles. The number of nitriles is 1. The smallest absolute Gasteiger partial charge is 0.239 e. The number of aryl methyl sites for hydroxylation is 1. The van der Waals surface area contributed by atoms with Gasteiger partial charge in [-0.2, -0.15) is 5.26 Å². The van der Waals surface area contributed by atoms with Crippen molar-refractivity contribution in [3.05, 3.63) is 86.8 Å². The van der Waals surface area contributed by atoms with E-state index in [2.05, 4.69) is 37.3 Å². The quantitative estimate of drug-likeness (QED) is 0.482. The molecule has 0 unspecified atom stereocenters. The second-order valence-corrected chi connectivity index (χ2v) is 11.0. The molecule has 8 rings (SSSR count). The number of amides is 2. The molecule has 0 spiro atoms. The first-order valence-corrected chi connectivity index (χ1v) is 12.5. The van der Waals surface area contributed by atoms with Gasteiger partial charge in [-0.15, -0.1) is 11.3 Å². The van der Waals surface area contributed by atoms with Gasteiger partial charge in [-0.3, -0.25) is 9.59 Å². The first-order chi connectivity index (χ1) is 16.1. The zero-order valence-electron chi connectivity index (χ0n) is 18.2. The van der Waals surface area contributed by atoms with Crippen molar-refractivity contribution in [2.24, 2.45) is 17.8 Å². The van der Waals surface area contributed by atoms with Crippen molar-refractivity contribution in [1.29, 1.82) is 5.26 Å². The van der Waals surface area contributed by atoms with Crippen LogP contribution in [0, 0.1) is 29.1 Å². The van der Waals surface area contributed by atoms with Crippen LogP contribution in [0.3, 0.4) is 0 Å². The summed E-state index contributed by atoms with van der Waals surface area (Å²) in [6.45, 7) is 2.20. The van der Waals surface area contributed by atoms with Crippen molar-refractivity contribution in [3.8, 4) is 6.07 Å². The highest BCUT2D eigenvalue weighted by molar-refractivity contribution is 7.17. The van der Waals surface area contributed by atoms with E-state index >= 15 is 0 Å². The Morgan fingerprint density at radius 2 is 1.42 bits per heavy atom. The molecule has 0 saturated carbocycles. The second kappa shape index (κ2) is 6.65. The molecule has 1 aromatic heterocycles. The predicted octanol–water partition coefficient (Wildman–Crippen LogP) is 5.14. The standard InChI is InChI=1S/C28H22N2O2S/c1-14-10-11-21-19(12-14)20(13-29)28(33-21)30-26(31)24-22-15-6-2-3-7-16(15)23(25(24)27(30)32)18-9-5-4-8-17(18)22/h2-9,14,22-25H,10-12H2,1H3/t14-,22?,23?,24-,25+/m1/s1. The van der Waals surface area contributed by atoms with Crippen LogP contribution in [0.5, 0.6) is 0 Å². The van der Waals surface area contributed by atoms with Gasteiger partial charge in [0.1, 0.15) is 11.1 Å². The molecule has 1 saturated heterocycles. The monoisotopic (exact) mass is 450 g/mol. The molecule has 1 aliphatic heterocycles. The van der Waals surface area contributed by atoms with E-state index in [1.165, 1.54) is 43.4 Å². The summed E-state index contributed by atoms with van der Waals surface area (Å²) in [5.41, 5.74) is 6.29. The Bertz CT molecular complexity index is 1300. The maximum atomic E-state index is 14.0. The first-order valence-electron chi connectivity index (χ1n) is 11.7. The highest BCUT2D eigenvalue weighted by atomic mass is 32.1. The molecule has 2 aromatic carbocycles. The Morgan fingerprint density at radius 3 is 1.91 bits per heavy atom. The summed E-state index contributed by atoms with van der Waals surface area (Å²) >= 11 is 1.49. The highest BCUT2D eigenvalue weighted by Crippen LogP contribution is 2.61. The summed E-state index contributed by atoms with van der Waals surface area (Å²) < 4.78 is 0. The maximum absolute atomic E-state index is 14.0. The molecule has 2 amide bonds. The zero-order chi connectivity index (χ0) is 22.4. The molecule has 2 bridgehead atoms. The summed E-state index contributed by atoms with van der Waals surface area (Å²) in [5, 5.41) is 10.6. The lowest BCUT2D eigenvalue weighted by Gasteiger charge is -2.45. The number of anilines is 1. The van der Waals surface area contributed by atoms with Crippen molar-refractivity contribution in [1.82, 2.24) is 0 Å². The van der Waals surface area contributed by atoms with Crippen LogP contribution >= 0.6 is 11.3 Å². The summed E-state index contributed by atoms with van der Waals surface area (Å²) in [7, 11) is 0. The van der Waals surface area contributed by atoms with Crippen LogP contribution in [-0.4, -0.2) is 11.8 Å². The third kappa shape index (κ3) is 2.34. The molecule has 1 fully saturated rings. The Kier molecular flexibility index (Phi) is 3.88. The molecular formula is C28H22N2O2S. The minimum atomic E-state index is -0.406. The molecule has 162 valence electrons. The fraction of sp³-hybridized carbons (Fsp3) is 0.321. The van der Waals surface area contributed by atoms with Crippen LogP contribution in [-0.2, 0) is 22.4 Å². The Morgan fingerprint density at radius 1 is 0.909 bits per heavy atom. The second-order valence-electron chi connectivity index (χ2n) is 9.92. The molecule has 0 N–H and O–H groups in total. The Hall–Kier alpha value is -3.23. The van der Waals surface area contributed by atoms with Crippen molar-refractivity contribution in [3.63, 3.8) is 0 Å². The number of rotatable bonds is 1. The van der Waals surface area contributed by atoms with E-state index in [0.717, 1.165) is 24.8 Å². The maximum Gasteiger partial charge on any atom is 0.239 e. The highest BCUT2D eigenvalue weighted by Gasteiger charge is 2.62. The van der Waals surface area contributed by atoms with Crippen LogP contribution in [0.25, 0.3) is 0 Å². The van der Waals surface area contributed by atoms with Gasteiger partial charge in [-0.05, 0) is 53.0 Å². The molecule has 5 heteroatoms. The molecular weight excluding hydrogens is 428 g/mol. The van der Waals surface area contributed by atoms with Crippen LogP contribution < -0.4 is 4.90 Å². The average Bonchev–Trinajstić information content (AvgIpc) is 3.32. The number of imide groups is 1. The fourth-order valence-corrected chi connectivity index (χ4v) is 8.20. The average molecular weight is 451 g/mol. The number of fused-ring (bicyclic) bond motifs is 1. The number of hydrogen-bond acceptors (Lipinski definition) is 4. The number of hydrogen-bond donors (Lipinski definition) is 0. The van der Waals surface area contributed by atoms with E-state index in [1.54, 1.807) is 0 Å². The number of carbonyl (C=O) groups excluding carboxylic acids is 2. The van der Waals surface area contributed by atoms with Gasteiger partial charge in [0.05, 0.1) is 17.4 Å². The van der Waals surface area contributed by atoms with E-state index in [-0.39, 0.29) is 23.7 Å². The number of carbonyl (C=O) groups is 2.